The van der Waals surface area contributed by atoms with Crippen molar-refractivity contribution in [2.75, 3.05) is 19.6 Å². The number of rotatable bonds is 7. The maximum atomic E-state index is 12.9. The molecule has 4 nitrogen and oxygen atoms in total. The van der Waals surface area contributed by atoms with Gasteiger partial charge in [-0.05, 0) is 60.4 Å². The average molecular weight is 349 g/mol. The Morgan fingerprint density at radius 1 is 1.25 bits per heavy atom. The Kier molecular flexibility index (Phi) is 6.75. The van der Waals surface area contributed by atoms with Crippen LogP contribution in [0, 0.1) is 5.82 Å². The Balaban J connectivity index is 1.89. The van der Waals surface area contributed by atoms with Crippen molar-refractivity contribution in [1.82, 2.24) is 10.6 Å². The van der Waals surface area contributed by atoms with Gasteiger partial charge >= 0.3 is 0 Å². The highest BCUT2D eigenvalue weighted by Gasteiger charge is 2.23. The van der Waals surface area contributed by atoms with E-state index < -0.39 is 5.60 Å². The predicted octanol–water partition coefficient (Wildman–Crippen LogP) is 2.89. The number of guanidine groups is 1. The Hall–Kier alpha value is -1.92. The van der Waals surface area contributed by atoms with E-state index in [-0.39, 0.29) is 12.4 Å². The highest BCUT2D eigenvalue weighted by molar-refractivity contribution is 7.08. The summed E-state index contributed by atoms with van der Waals surface area (Å²) >= 11 is 1.56. The molecular weight excluding hydrogens is 325 g/mol. The van der Waals surface area contributed by atoms with E-state index in [9.17, 15) is 9.50 Å². The molecule has 0 aliphatic carbocycles. The minimum atomic E-state index is -0.987. The molecule has 2 aromatic rings. The van der Waals surface area contributed by atoms with Crippen molar-refractivity contribution < 1.29 is 9.50 Å². The summed E-state index contributed by atoms with van der Waals surface area (Å²) in [6, 6.07) is 8.40. The van der Waals surface area contributed by atoms with Gasteiger partial charge in [-0.1, -0.05) is 12.1 Å². The number of halogens is 1. The van der Waals surface area contributed by atoms with Crippen molar-refractivity contribution in [3.8, 4) is 0 Å². The first-order valence-electron chi connectivity index (χ1n) is 8.03. The number of hydrogen-bond acceptors (Lipinski definition) is 3. The van der Waals surface area contributed by atoms with E-state index in [0.29, 0.717) is 12.5 Å². The van der Waals surface area contributed by atoms with Crippen molar-refractivity contribution in [3.63, 3.8) is 0 Å². The lowest BCUT2D eigenvalue weighted by molar-refractivity contribution is 0.0677. The lowest BCUT2D eigenvalue weighted by Gasteiger charge is -2.21. The maximum absolute atomic E-state index is 12.9. The third-order valence-electron chi connectivity index (χ3n) is 3.65. The normalized spacial score (nSPS) is 14.2. The van der Waals surface area contributed by atoms with E-state index in [1.54, 1.807) is 30.4 Å². The second kappa shape index (κ2) is 8.80. The molecule has 0 saturated carbocycles. The van der Waals surface area contributed by atoms with Gasteiger partial charge in [0, 0.05) is 13.1 Å². The van der Waals surface area contributed by atoms with E-state index >= 15 is 0 Å². The molecule has 0 amide bonds. The SMILES string of the molecule is CCNC(=NCC(C)(O)c1ccsc1)NCCc1ccc(F)cc1. The van der Waals surface area contributed by atoms with Crippen molar-refractivity contribution in [2.45, 2.75) is 25.9 Å². The van der Waals surface area contributed by atoms with E-state index in [4.69, 9.17) is 0 Å². The van der Waals surface area contributed by atoms with Gasteiger partial charge < -0.3 is 15.7 Å². The third-order valence-corrected chi connectivity index (χ3v) is 4.33. The maximum Gasteiger partial charge on any atom is 0.191 e. The molecule has 1 aromatic heterocycles. The number of benzene rings is 1. The second-order valence-corrected chi connectivity index (χ2v) is 6.56. The van der Waals surface area contributed by atoms with Gasteiger partial charge in [0.15, 0.2) is 5.96 Å². The molecule has 0 fully saturated rings. The molecule has 1 unspecified atom stereocenters. The lowest BCUT2D eigenvalue weighted by atomic mass is 10.00. The van der Waals surface area contributed by atoms with Gasteiger partial charge in [-0.25, -0.2) is 9.38 Å². The van der Waals surface area contributed by atoms with Crippen LogP contribution in [-0.2, 0) is 12.0 Å². The van der Waals surface area contributed by atoms with Crippen LogP contribution in [0.1, 0.15) is 25.0 Å². The van der Waals surface area contributed by atoms with Gasteiger partial charge in [0.25, 0.3) is 0 Å². The third kappa shape index (κ3) is 5.62. The molecule has 0 aliphatic heterocycles. The highest BCUT2D eigenvalue weighted by atomic mass is 32.1. The molecule has 6 heteroatoms. The molecule has 130 valence electrons. The molecular formula is C18H24FN3OS. The van der Waals surface area contributed by atoms with Crippen LogP contribution in [0.4, 0.5) is 4.39 Å². The Morgan fingerprint density at radius 3 is 2.62 bits per heavy atom. The molecule has 3 N–H and O–H groups in total. The van der Waals surface area contributed by atoms with Crippen LogP contribution in [0.3, 0.4) is 0 Å². The topological polar surface area (TPSA) is 56.7 Å². The second-order valence-electron chi connectivity index (χ2n) is 5.78. The smallest absolute Gasteiger partial charge is 0.191 e. The molecule has 0 aliphatic rings. The van der Waals surface area contributed by atoms with Crippen LogP contribution in [0.25, 0.3) is 0 Å². The number of thiophene rings is 1. The Bertz CT molecular complexity index is 639. The molecule has 1 aromatic carbocycles. The monoisotopic (exact) mass is 349 g/mol. The first-order valence-corrected chi connectivity index (χ1v) is 8.97. The number of hydrogen-bond donors (Lipinski definition) is 3. The van der Waals surface area contributed by atoms with Gasteiger partial charge in [-0.3, -0.25) is 0 Å². The zero-order valence-electron chi connectivity index (χ0n) is 14.1. The van der Waals surface area contributed by atoms with Gasteiger partial charge in [-0.2, -0.15) is 11.3 Å². The fourth-order valence-corrected chi connectivity index (χ4v) is 3.00. The van der Waals surface area contributed by atoms with Crippen LogP contribution in [-0.4, -0.2) is 30.7 Å². The summed E-state index contributed by atoms with van der Waals surface area (Å²) in [6.45, 7) is 5.45. The van der Waals surface area contributed by atoms with Crippen LogP contribution in [0.5, 0.6) is 0 Å². The van der Waals surface area contributed by atoms with Crippen molar-refractivity contribution in [3.05, 3.63) is 58.0 Å². The van der Waals surface area contributed by atoms with E-state index in [0.717, 1.165) is 24.1 Å². The fourth-order valence-electron chi connectivity index (χ4n) is 2.21. The molecule has 24 heavy (non-hydrogen) atoms. The minimum Gasteiger partial charge on any atom is -0.383 e. The van der Waals surface area contributed by atoms with Gasteiger partial charge in [-0.15, -0.1) is 0 Å². The van der Waals surface area contributed by atoms with Gasteiger partial charge in [0.1, 0.15) is 11.4 Å². The summed E-state index contributed by atoms with van der Waals surface area (Å²) in [5.41, 5.74) is 0.947. The number of aliphatic imine (C=N–C) groups is 1. The van der Waals surface area contributed by atoms with E-state index in [1.165, 1.54) is 12.1 Å². The van der Waals surface area contributed by atoms with Crippen molar-refractivity contribution in [1.29, 1.82) is 0 Å². The van der Waals surface area contributed by atoms with Crippen LogP contribution in [0.2, 0.25) is 0 Å². The van der Waals surface area contributed by atoms with Gasteiger partial charge in [0.2, 0.25) is 0 Å². The minimum absolute atomic E-state index is 0.225. The molecule has 1 heterocycles. The molecule has 1 atom stereocenters. The number of nitrogens with zero attached hydrogens (tertiary/aromatic N) is 1. The Morgan fingerprint density at radius 2 is 2.00 bits per heavy atom. The number of nitrogens with one attached hydrogen (secondary N) is 2. The van der Waals surface area contributed by atoms with E-state index in [2.05, 4.69) is 15.6 Å². The van der Waals surface area contributed by atoms with Crippen LogP contribution in [0.15, 0.2) is 46.1 Å². The quantitative estimate of drug-likeness (QED) is 0.532. The first-order chi connectivity index (χ1) is 11.5. The lowest BCUT2D eigenvalue weighted by Crippen LogP contribution is -2.39. The summed E-state index contributed by atoms with van der Waals surface area (Å²) in [6.07, 6.45) is 0.769. The average Bonchev–Trinajstić information content (AvgIpc) is 3.10. The largest absolute Gasteiger partial charge is 0.383 e. The zero-order chi connectivity index (χ0) is 17.4. The summed E-state index contributed by atoms with van der Waals surface area (Å²) in [7, 11) is 0. The van der Waals surface area contributed by atoms with Crippen molar-refractivity contribution in [2.24, 2.45) is 4.99 Å². The molecule has 0 radical (unpaired) electrons. The molecule has 0 bridgehead atoms. The van der Waals surface area contributed by atoms with E-state index in [1.807, 2.05) is 23.8 Å². The number of aliphatic hydroxyl groups is 1. The first kappa shape index (κ1) is 18.4. The standard InChI is InChI=1S/C18H24FN3OS/c1-3-20-17(21-10-8-14-4-6-16(19)7-5-14)22-13-18(2,23)15-9-11-24-12-15/h4-7,9,11-12,23H,3,8,10,13H2,1-2H3,(H2,20,21,22). The van der Waals surface area contributed by atoms with Crippen LogP contribution < -0.4 is 10.6 Å². The summed E-state index contributed by atoms with van der Waals surface area (Å²) in [4.78, 5) is 4.48. The van der Waals surface area contributed by atoms with Crippen LogP contribution >= 0.6 is 11.3 Å². The fraction of sp³-hybridized carbons (Fsp3) is 0.389. The summed E-state index contributed by atoms with van der Waals surface area (Å²) in [5.74, 6) is 0.437. The predicted molar refractivity (Wildman–Crippen MR) is 98.0 cm³/mol. The summed E-state index contributed by atoms with van der Waals surface area (Å²) in [5, 5.41) is 20.8. The Labute approximate surface area is 146 Å². The van der Waals surface area contributed by atoms with Crippen molar-refractivity contribution >= 4 is 17.3 Å². The van der Waals surface area contributed by atoms with Gasteiger partial charge in [0.05, 0.1) is 6.54 Å². The molecule has 0 spiro atoms. The highest BCUT2D eigenvalue weighted by Crippen LogP contribution is 2.23. The summed E-state index contributed by atoms with van der Waals surface area (Å²) < 4.78 is 12.9. The molecule has 0 saturated heterocycles. The zero-order valence-corrected chi connectivity index (χ0v) is 14.9. The molecule has 2 rings (SSSR count).